The van der Waals surface area contributed by atoms with Gasteiger partial charge < -0.3 is 20.7 Å². The zero-order valence-corrected chi connectivity index (χ0v) is 19.2. The predicted molar refractivity (Wildman–Crippen MR) is 135 cm³/mol. The van der Waals surface area contributed by atoms with Gasteiger partial charge in [-0.15, -0.1) is 0 Å². The minimum absolute atomic E-state index is 0.0218. The summed E-state index contributed by atoms with van der Waals surface area (Å²) in [7, 11) is 3.98. The van der Waals surface area contributed by atoms with Crippen molar-refractivity contribution >= 4 is 45.8 Å². The lowest BCUT2D eigenvalue weighted by Gasteiger charge is -2.11. The molecular weight excluding hydrogens is 430 g/mol. The number of anilines is 2. The second kappa shape index (κ2) is 9.11. The maximum atomic E-state index is 13.2. The molecule has 0 bridgehead atoms. The van der Waals surface area contributed by atoms with Gasteiger partial charge in [-0.05, 0) is 42.7 Å². The first-order chi connectivity index (χ1) is 16.5. The van der Waals surface area contributed by atoms with Crippen LogP contribution in [0, 0.1) is 0 Å². The van der Waals surface area contributed by atoms with E-state index in [1.807, 2.05) is 67.5 Å². The highest BCUT2D eigenvalue weighted by Crippen LogP contribution is 2.28. The molecule has 1 saturated heterocycles. The summed E-state index contributed by atoms with van der Waals surface area (Å²) in [5, 5.41) is 7.52. The Hall–Kier alpha value is -3.98. The third-order valence-electron chi connectivity index (χ3n) is 5.95. The van der Waals surface area contributed by atoms with Gasteiger partial charge in [0.1, 0.15) is 16.9 Å². The Morgan fingerprint density at radius 2 is 1.94 bits per heavy atom. The quantitative estimate of drug-likeness (QED) is 0.431. The Kier molecular flexibility index (Phi) is 5.85. The number of hydrogen-bond acceptors (Lipinski definition) is 7. The summed E-state index contributed by atoms with van der Waals surface area (Å²) in [6, 6.07) is 15.5. The van der Waals surface area contributed by atoms with E-state index < -0.39 is 0 Å². The van der Waals surface area contributed by atoms with Crippen LogP contribution >= 0.6 is 0 Å². The van der Waals surface area contributed by atoms with Crippen molar-refractivity contribution in [3.63, 3.8) is 0 Å². The van der Waals surface area contributed by atoms with Gasteiger partial charge in [0.05, 0.1) is 23.4 Å². The number of nitrogen functional groups attached to an aromatic ring is 1. The van der Waals surface area contributed by atoms with E-state index in [4.69, 9.17) is 20.4 Å². The summed E-state index contributed by atoms with van der Waals surface area (Å²) >= 11 is 0. The van der Waals surface area contributed by atoms with E-state index in [1.54, 1.807) is 6.21 Å². The summed E-state index contributed by atoms with van der Waals surface area (Å²) < 4.78 is 7.11. The molecule has 1 fully saturated rings. The van der Waals surface area contributed by atoms with Crippen LogP contribution in [0.5, 0.6) is 0 Å². The molecule has 1 amide bonds. The minimum atomic E-state index is -0.313. The van der Waals surface area contributed by atoms with Gasteiger partial charge in [0.25, 0.3) is 5.91 Å². The lowest BCUT2D eigenvalue weighted by molar-refractivity contribution is 0.0859. The maximum absolute atomic E-state index is 13.2. The summed E-state index contributed by atoms with van der Waals surface area (Å²) in [4.78, 5) is 24.6. The maximum Gasteiger partial charge on any atom is 0.257 e. The molecule has 34 heavy (non-hydrogen) atoms. The van der Waals surface area contributed by atoms with Gasteiger partial charge in [-0.3, -0.25) is 4.79 Å². The van der Waals surface area contributed by atoms with E-state index >= 15 is 0 Å². The number of amides is 1. The van der Waals surface area contributed by atoms with E-state index in [-0.39, 0.29) is 23.4 Å². The van der Waals surface area contributed by atoms with E-state index in [1.165, 1.54) is 4.68 Å². The third kappa shape index (κ3) is 4.17. The topological polar surface area (TPSA) is 111 Å². The molecule has 2 aromatic heterocycles. The smallest absolute Gasteiger partial charge is 0.257 e. The zero-order valence-electron chi connectivity index (χ0n) is 19.2. The highest BCUT2D eigenvalue weighted by Gasteiger charge is 2.25. The molecule has 9 nitrogen and oxygen atoms in total. The number of fused-ring (bicyclic) bond motifs is 2. The number of rotatable bonds is 6. The predicted octanol–water partition coefficient (Wildman–Crippen LogP) is 3.02. The molecule has 1 aliphatic rings. The summed E-state index contributed by atoms with van der Waals surface area (Å²) in [5.41, 5.74) is 10.9. The summed E-state index contributed by atoms with van der Waals surface area (Å²) in [5.74, 6) is -0.122. The molecule has 0 unspecified atom stereocenters. The first-order valence-electron chi connectivity index (χ1n) is 11.3. The van der Waals surface area contributed by atoms with Gasteiger partial charge in [-0.1, -0.05) is 24.3 Å². The molecule has 9 heteroatoms. The minimum Gasteiger partial charge on any atom is -0.383 e. The molecule has 4 aromatic rings. The number of para-hydroxylation sites is 2. The highest BCUT2D eigenvalue weighted by atomic mass is 16.5. The molecule has 1 atom stereocenters. The average Bonchev–Trinajstić information content (AvgIpc) is 3.45. The van der Waals surface area contributed by atoms with Crippen molar-refractivity contribution in [3.8, 4) is 0 Å². The van der Waals surface area contributed by atoms with Gasteiger partial charge in [-0.25, -0.2) is 9.97 Å². The van der Waals surface area contributed by atoms with Crippen LogP contribution < -0.4 is 16.0 Å². The standard InChI is InChI=1S/C25H27N7O2/c1-31(2)17-11-9-16(10-12-17)14-28-32-23(26)21(25(33)27-15-18-6-5-13-34-18)22-24(32)30-20-8-4-3-7-19(20)29-22/h3-4,7-12,14,18H,5-6,13,15,26H2,1-2H3,(H,27,33)/b28-14-/t18-/m0/s1. The van der Waals surface area contributed by atoms with Crippen molar-refractivity contribution in [3.05, 3.63) is 59.7 Å². The van der Waals surface area contributed by atoms with Crippen LogP contribution in [0.25, 0.3) is 22.2 Å². The number of benzene rings is 2. The fraction of sp³-hybridized carbons (Fsp3) is 0.280. The third-order valence-corrected chi connectivity index (χ3v) is 5.95. The van der Waals surface area contributed by atoms with Crippen LogP contribution in [0.4, 0.5) is 11.5 Å². The molecule has 0 saturated carbocycles. The molecule has 0 radical (unpaired) electrons. The number of ether oxygens (including phenoxy) is 1. The molecule has 3 heterocycles. The van der Waals surface area contributed by atoms with E-state index in [0.29, 0.717) is 28.7 Å². The van der Waals surface area contributed by atoms with Gasteiger partial charge in [0.2, 0.25) is 0 Å². The average molecular weight is 458 g/mol. The fourth-order valence-electron chi connectivity index (χ4n) is 4.07. The molecule has 0 spiro atoms. The lowest BCUT2D eigenvalue weighted by atomic mass is 10.2. The molecule has 174 valence electrons. The van der Waals surface area contributed by atoms with Crippen LogP contribution in [0.1, 0.15) is 28.8 Å². The van der Waals surface area contributed by atoms with Crippen LogP contribution in [0.2, 0.25) is 0 Å². The number of nitrogens with two attached hydrogens (primary N) is 1. The Balaban J connectivity index is 1.55. The highest BCUT2D eigenvalue weighted by molar-refractivity contribution is 6.10. The number of carbonyl (C=O) groups is 1. The van der Waals surface area contributed by atoms with E-state index in [0.717, 1.165) is 30.7 Å². The Morgan fingerprint density at radius 3 is 2.62 bits per heavy atom. The van der Waals surface area contributed by atoms with Crippen molar-refractivity contribution in [2.24, 2.45) is 5.10 Å². The van der Waals surface area contributed by atoms with Crippen molar-refractivity contribution < 1.29 is 9.53 Å². The first-order valence-corrected chi connectivity index (χ1v) is 11.3. The monoisotopic (exact) mass is 457 g/mol. The van der Waals surface area contributed by atoms with Crippen molar-refractivity contribution in [2.45, 2.75) is 18.9 Å². The zero-order chi connectivity index (χ0) is 23.7. The van der Waals surface area contributed by atoms with Crippen molar-refractivity contribution in [1.82, 2.24) is 20.0 Å². The number of aromatic nitrogens is 3. The molecule has 5 rings (SSSR count). The molecule has 0 aliphatic carbocycles. The number of nitrogens with zero attached hydrogens (tertiary/aromatic N) is 5. The van der Waals surface area contributed by atoms with E-state index in [2.05, 4.69) is 10.4 Å². The first kappa shape index (κ1) is 21.8. The van der Waals surface area contributed by atoms with Crippen LogP contribution in [0.15, 0.2) is 53.6 Å². The summed E-state index contributed by atoms with van der Waals surface area (Å²) in [6.45, 7) is 1.15. The van der Waals surface area contributed by atoms with Crippen molar-refractivity contribution in [2.75, 3.05) is 37.9 Å². The SMILES string of the molecule is CN(C)c1ccc(/C=N\n2c(N)c(C(=O)NC[C@@H]3CCCO3)c3nc4ccccc4nc32)cc1. The second-order valence-electron chi connectivity index (χ2n) is 8.53. The lowest BCUT2D eigenvalue weighted by Crippen LogP contribution is -2.32. The van der Waals surface area contributed by atoms with E-state index in [9.17, 15) is 4.79 Å². The van der Waals surface area contributed by atoms with Crippen LogP contribution in [0.3, 0.4) is 0 Å². The fourth-order valence-corrected chi connectivity index (χ4v) is 4.07. The van der Waals surface area contributed by atoms with Crippen LogP contribution in [-0.4, -0.2) is 60.1 Å². The largest absolute Gasteiger partial charge is 0.383 e. The normalized spacial score (nSPS) is 16.0. The van der Waals surface area contributed by atoms with Crippen LogP contribution in [-0.2, 0) is 4.74 Å². The van der Waals surface area contributed by atoms with Gasteiger partial charge >= 0.3 is 0 Å². The number of carbonyl (C=O) groups excluding carboxylic acids is 1. The molecule has 1 aliphatic heterocycles. The number of hydrogen-bond donors (Lipinski definition) is 2. The Bertz CT molecular complexity index is 1370. The number of nitrogens with one attached hydrogen (secondary N) is 1. The Labute approximate surface area is 197 Å². The van der Waals surface area contributed by atoms with Gasteiger partial charge in [-0.2, -0.15) is 9.78 Å². The van der Waals surface area contributed by atoms with Crippen molar-refractivity contribution in [1.29, 1.82) is 0 Å². The molecule has 3 N–H and O–H groups in total. The second-order valence-corrected chi connectivity index (χ2v) is 8.53. The molecule has 2 aromatic carbocycles. The van der Waals surface area contributed by atoms with Gasteiger partial charge in [0.15, 0.2) is 5.65 Å². The Morgan fingerprint density at radius 1 is 1.21 bits per heavy atom. The molecular formula is C25H27N7O2. The summed E-state index contributed by atoms with van der Waals surface area (Å²) in [6.07, 6.45) is 3.65. The van der Waals surface area contributed by atoms with Gasteiger partial charge in [0, 0.05) is 32.9 Å².